The smallest absolute Gasteiger partial charge is 0.269 e. The Kier molecular flexibility index (Phi) is 3.57. The third kappa shape index (κ3) is 2.95. The van der Waals surface area contributed by atoms with Gasteiger partial charge in [0.1, 0.15) is 0 Å². The second-order valence-corrected chi connectivity index (χ2v) is 4.53. The Hall–Kier alpha value is -2.27. The van der Waals surface area contributed by atoms with E-state index in [1.165, 1.54) is 12.1 Å². The molecule has 6 heteroatoms. The molecule has 0 amide bonds. The van der Waals surface area contributed by atoms with Crippen molar-refractivity contribution >= 4 is 34.4 Å². The lowest BCUT2D eigenvalue weighted by Gasteiger charge is -2.11. The molecule has 0 bridgehead atoms. The van der Waals surface area contributed by atoms with E-state index in [4.69, 9.17) is 17.3 Å². The van der Waals surface area contributed by atoms with Crippen molar-refractivity contribution in [2.45, 2.75) is 6.92 Å². The van der Waals surface area contributed by atoms with E-state index in [9.17, 15) is 10.1 Å². The molecule has 0 unspecified atom stereocenters. The topological polar surface area (TPSA) is 81.2 Å². The highest BCUT2D eigenvalue weighted by molar-refractivity contribution is 6.33. The Morgan fingerprint density at radius 1 is 1.21 bits per heavy atom. The predicted molar refractivity (Wildman–Crippen MR) is 77.0 cm³/mol. The van der Waals surface area contributed by atoms with Crippen molar-refractivity contribution in [1.29, 1.82) is 0 Å². The number of hydrogen-bond donors (Lipinski definition) is 2. The fourth-order valence-corrected chi connectivity index (χ4v) is 1.85. The molecule has 5 nitrogen and oxygen atoms in total. The quantitative estimate of drug-likeness (QED) is 0.507. The van der Waals surface area contributed by atoms with E-state index in [2.05, 4.69) is 5.32 Å². The molecule has 0 heterocycles. The maximum atomic E-state index is 10.7. The SMILES string of the molecule is Cc1cc([N+](=O)[O-])ccc1Nc1cc(N)ccc1Cl. The molecule has 0 saturated carbocycles. The van der Waals surface area contributed by atoms with Crippen molar-refractivity contribution in [3.05, 3.63) is 57.1 Å². The van der Waals surface area contributed by atoms with Gasteiger partial charge in [-0.25, -0.2) is 0 Å². The van der Waals surface area contributed by atoms with Crippen LogP contribution >= 0.6 is 11.6 Å². The lowest BCUT2D eigenvalue weighted by Crippen LogP contribution is -1.97. The van der Waals surface area contributed by atoms with Crippen LogP contribution in [0.3, 0.4) is 0 Å². The maximum Gasteiger partial charge on any atom is 0.269 e. The van der Waals surface area contributed by atoms with E-state index in [-0.39, 0.29) is 5.69 Å². The minimum atomic E-state index is -0.426. The van der Waals surface area contributed by atoms with Crippen LogP contribution in [0.25, 0.3) is 0 Å². The van der Waals surface area contributed by atoms with Crippen molar-refractivity contribution < 1.29 is 4.92 Å². The van der Waals surface area contributed by atoms with Crippen LogP contribution in [0.5, 0.6) is 0 Å². The summed E-state index contributed by atoms with van der Waals surface area (Å²) in [5, 5.41) is 14.3. The number of non-ortho nitro benzene ring substituents is 1. The third-order valence-corrected chi connectivity index (χ3v) is 3.01. The molecular weight excluding hydrogens is 266 g/mol. The van der Waals surface area contributed by atoms with Crippen LogP contribution in [0.4, 0.5) is 22.7 Å². The third-order valence-electron chi connectivity index (χ3n) is 2.68. The second-order valence-electron chi connectivity index (χ2n) is 4.12. The van der Waals surface area contributed by atoms with Gasteiger partial charge in [0.05, 0.1) is 15.6 Å². The fourth-order valence-electron chi connectivity index (χ4n) is 1.69. The molecule has 0 aliphatic carbocycles. The number of benzene rings is 2. The number of hydrogen-bond acceptors (Lipinski definition) is 4. The first-order valence-corrected chi connectivity index (χ1v) is 5.92. The minimum absolute atomic E-state index is 0.0572. The Morgan fingerprint density at radius 3 is 2.58 bits per heavy atom. The molecule has 0 radical (unpaired) electrons. The van der Waals surface area contributed by atoms with Crippen molar-refractivity contribution in [2.75, 3.05) is 11.1 Å². The van der Waals surface area contributed by atoms with Crippen LogP contribution in [-0.4, -0.2) is 4.92 Å². The van der Waals surface area contributed by atoms with Gasteiger partial charge in [-0.05, 0) is 36.8 Å². The minimum Gasteiger partial charge on any atom is -0.399 e. The van der Waals surface area contributed by atoms with Crippen LogP contribution in [-0.2, 0) is 0 Å². The standard InChI is InChI=1S/C13H12ClN3O2/c1-8-6-10(17(18)19)3-5-12(8)16-13-7-9(15)2-4-11(13)14/h2-7,16H,15H2,1H3. The van der Waals surface area contributed by atoms with Crippen molar-refractivity contribution in [2.24, 2.45) is 0 Å². The summed E-state index contributed by atoms with van der Waals surface area (Å²) in [6, 6.07) is 9.70. The summed E-state index contributed by atoms with van der Waals surface area (Å²) in [6.45, 7) is 1.79. The highest BCUT2D eigenvalue weighted by atomic mass is 35.5. The Labute approximate surface area is 115 Å². The zero-order valence-corrected chi connectivity index (χ0v) is 10.9. The molecule has 19 heavy (non-hydrogen) atoms. The van der Waals surface area contributed by atoms with Gasteiger partial charge in [0.2, 0.25) is 0 Å². The predicted octanol–water partition coefficient (Wildman–Crippen LogP) is 3.88. The maximum absolute atomic E-state index is 10.7. The first-order chi connectivity index (χ1) is 8.97. The first kappa shape index (κ1) is 13.2. The van der Waals surface area contributed by atoms with Crippen LogP contribution in [0.2, 0.25) is 5.02 Å². The summed E-state index contributed by atoms with van der Waals surface area (Å²) in [5.41, 5.74) is 8.51. The zero-order chi connectivity index (χ0) is 14.0. The number of aryl methyl sites for hydroxylation is 1. The summed E-state index contributed by atoms with van der Waals surface area (Å²) < 4.78 is 0. The van der Waals surface area contributed by atoms with Gasteiger partial charge in [-0.1, -0.05) is 11.6 Å². The largest absolute Gasteiger partial charge is 0.399 e. The van der Waals surface area contributed by atoms with Crippen LogP contribution < -0.4 is 11.1 Å². The summed E-state index contributed by atoms with van der Waals surface area (Å²) in [6.07, 6.45) is 0. The molecule has 0 aromatic heterocycles. The van der Waals surface area contributed by atoms with Crippen LogP contribution in [0.1, 0.15) is 5.56 Å². The molecule has 0 spiro atoms. The first-order valence-electron chi connectivity index (χ1n) is 5.54. The molecule has 0 aliphatic heterocycles. The van der Waals surface area contributed by atoms with E-state index >= 15 is 0 Å². The summed E-state index contributed by atoms with van der Waals surface area (Å²) in [7, 11) is 0. The number of nitro groups is 1. The van der Waals surface area contributed by atoms with E-state index in [1.807, 2.05) is 0 Å². The molecule has 0 aliphatic rings. The van der Waals surface area contributed by atoms with E-state index < -0.39 is 4.92 Å². The van der Waals surface area contributed by atoms with Gasteiger partial charge >= 0.3 is 0 Å². The van der Waals surface area contributed by atoms with Gasteiger partial charge in [0, 0.05) is 23.5 Å². The zero-order valence-electron chi connectivity index (χ0n) is 10.2. The number of nitrogens with two attached hydrogens (primary N) is 1. The lowest BCUT2D eigenvalue weighted by molar-refractivity contribution is -0.384. The van der Waals surface area contributed by atoms with Crippen molar-refractivity contribution in [3.8, 4) is 0 Å². The monoisotopic (exact) mass is 277 g/mol. The molecule has 98 valence electrons. The Morgan fingerprint density at radius 2 is 1.95 bits per heavy atom. The highest BCUT2D eigenvalue weighted by Gasteiger charge is 2.09. The number of halogens is 1. The van der Waals surface area contributed by atoms with Gasteiger partial charge in [0.15, 0.2) is 0 Å². The normalized spacial score (nSPS) is 10.2. The summed E-state index contributed by atoms with van der Waals surface area (Å²) in [5.74, 6) is 0. The van der Waals surface area contributed by atoms with Gasteiger partial charge in [0.25, 0.3) is 5.69 Å². The van der Waals surface area contributed by atoms with E-state index in [0.29, 0.717) is 16.4 Å². The van der Waals surface area contributed by atoms with Gasteiger partial charge in [-0.2, -0.15) is 0 Å². The Balaban J connectivity index is 2.33. The fraction of sp³-hybridized carbons (Fsp3) is 0.0769. The number of anilines is 3. The molecule has 2 aromatic rings. The van der Waals surface area contributed by atoms with Crippen LogP contribution in [0.15, 0.2) is 36.4 Å². The number of nitro benzene ring substituents is 1. The molecule has 3 N–H and O–H groups in total. The molecular formula is C13H12ClN3O2. The average Bonchev–Trinajstić information content (AvgIpc) is 2.36. The van der Waals surface area contributed by atoms with Crippen molar-refractivity contribution in [1.82, 2.24) is 0 Å². The number of nitrogens with zero attached hydrogens (tertiary/aromatic N) is 1. The molecule has 2 rings (SSSR count). The summed E-state index contributed by atoms with van der Waals surface area (Å²) >= 11 is 6.05. The number of nitrogens with one attached hydrogen (secondary N) is 1. The van der Waals surface area contributed by atoms with Crippen molar-refractivity contribution in [3.63, 3.8) is 0 Å². The van der Waals surface area contributed by atoms with E-state index in [0.717, 1.165) is 11.3 Å². The molecule has 0 atom stereocenters. The molecule has 2 aromatic carbocycles. The number of nitrogen functional groups attached to an aromatic ring is 1. The highest BCUT2D eigenvalue weighted by Crippen LogP contribution is 2.30. The lowest BCUT2D eigenvalue weighted by atomic mass is 10.1. The van der Waals surface area contributed by atoms with E-state index in [1.54, 1.807) is 31.2 Å². The summed E-state index contributed by atoms with van der Waals surface area (Å²) in [4.78, 5) is 10.2. The van der Waals surface area contributed by atoms with Gasteiger partial charge < -0.3 is 11.1 Å². The molecule has 0 saturated heterocycles. The van der Waals surface area contributed by atoms with Crippen LogP contribution in [0, 0.1) is 17.0 Å². The second kappa shape index (κ2) is 5.16. The Bertz CT molecular complexity index is 644. The van der Waals surface area contributed by atoms with Gasteiger partial charge in [-0.3, -0.25) is 10.1 Å². The number of rotatable bonds is 3. The van der Waals surface area contributed by atoms with Gasteiger partial charge in [-0.15, -0.1) is 0 Å². The molecule has 0 fully saturated rings. The average molecular weight is 278 g/mol.